The lowest BCUT2D eigenvalue weighted by Crippen LogP contribution is -2.65. The van der Waals surface area contributed by atoms with Gasteiger partial charge in [-0.25, -0.2) is 4.79 Å². The van der Waals surface area contributed by atoms with Gasteiger partial charge in [-0.1, -0.05) is 29.2 Å². The maximum Gasteiger partial charge on any atom is 0.333 e. The standard InChI is InChI=1S/C14H19IO3/c1-9(2)11(16)18-14-5-10-3-12(15,7-14)6-13(17,4-10)8-14/h10,17H,1,3-8H2,2H3. The van der Waals surface area contributed by atoms with Crippen LogP contribution in [0.3, 0.4) is 0 Å². The number of esters is 1. The van der Waals surface area contributed by atoms with Gasteiger partial charge in [0.15, 0.2) is 0 Å². The molecule has 4 heteroatoms. The smallest absolute Gasteiger partial charge is 0.333 e. The number of carbonyl (C=O) groups is 1. The maximum atomic E-state index is 11.8. The van der Waals surface area contributed by atoms with Crippen LogP contribution >= 0.6 is 22.6 Å². The zero-order valence-electron chi connectivity index (χ0n) is 10.7. The molecule has 0 aromatic rings. The minimum Gasteiger partial charge on any atom is -0.456 e. The predicted molar refractivity (Wildman–Crippen MR) is 76.5 cm³/mol. The summed E-state index contributed by atoms with van der Waals surface area (Å²) in [6.45, 7) is 5.33. The van der Waals surface area contributed by atoms with E-state index in [2.05, 4.69) is 29.2 Å². The van der Waals surface area contributed by atoms with Crippen LogP contribution < -0.4 is 0 Å². The molecule has 1 N–H and O–H groups in total. The number of aliphatic hydroxyl groups is 1. The van der Waals surface area contributed by atoms with Crippen LogP contribution in [0.5, 0.6) is 0 Å². The topological polar surface area (TPSA) is 46.5 Å². The third kappa shape index (κ3) is 2.01. The molecule has 0 saturated heterocycles. The van der Waals surface area contributed by atoms with Gasteiger partial charge < -0.3 is 9.84 Å². The second-order valence-electron chi connectivity index (χ2n) is 6.74. The molecule has 100 valence electrons. The number of halogens is 1. The monoisotopic (exact) mass is 362 g/mol. The van der Waals surface area contributed by atoms with Gasteiger partial charge in [0.05, 0.1) is 5.60 Å². The summed E-state index contributed by atoms with van der Waals surface area (Å²) in [6.07, 6.45) is 5.30. The Morgan fingerprint density at radius 3 is 2.61 bits per heavy atom. The predicted octanol–water partition coefficient (Wildman–Crippen LogP) is 2.75. The van der Waals surface area contributed by atoms with Gasteiger partial charge in [0.25, 0.3) is 0 Å². The Labute approximate surface area is 121 Å². The zero-order chi connectivity index (χ0) is 13.2. The van der Waals surface area contributed by atoms with Crippen LogP contribution in [0.15, 0.2) is 12.2 Å². The van der Waals surface area contributed by atoms with E-state index in [1.165, 1.54) is 0 Å². The lowest BCUT2D eigenvalue weighted by molar-refractivity contribution is -0.208. The highest BCUT2D eigenvalue weighted by Gasteiger charge is 2.64. The average Bonchev–Trinajstić information content (AvgIpc) is 2.09. The van der Waals surface area contributed by atoms with Crippen molar-refractivity contribution in [1.29, 1.82) is 0 Å². The van der Waals surface area contributed by atoms with Gasteiger partial charge in [-0.05, 0) is 38.5 Å². The first kappa shape index (κ1) is 12.9. The minimum absolute atomic E-state index is 0.112. The van der Waals surface area contributed by atoms with Crippen molar-refractivity contribution in [3.8, 4) is 0 Å². The van der Waals surface area contributed by atoms with Crippen LogP contribution in [0.1, 0.15) is 45.4 Å². The van der Waals surface area contributed by atoms with E-state index in [4.69, 9.17) is 4.74 Å². The van der Waals surface area contributed by atoms with E-state index in [-0.39, 0.29) is 9.39 Å². The molecule has 4 aliphatic rings. The molecule has 0 aliphatic heterocycles. The van der Waals surface area contributed by atoms with E-state index in [9.17, 15) is 9.90 Å². The van der Waals surface area contributed by atoms with Gasteiger partial charge in [0.2, 0.25) is 0 Å². The molecule has 0 aromatic carbocycles. The lowest BCUT2D eigenvalue weighted by Gasteiger charge is -2.62. The fourth-order valence-corrected chi connectivity index (χ4v) is 6.61. The summed E-state index contributed by atoms with van der Waals surface area (Å²) < 4.78 is 5.85. The molecule has 0 heterocycles. The van der Waals surface area contributed by atoms with Crippen molar-refractivity contribution >= 4 is 28.6 Å². The second kappa shape index (κ2) is 3.72. The largest absolute Gasteiger partial charge is 0.456 e. The van der Waals surface area contributed by atoms with Crippen molar-refractivity contribution in [1.82, 2.24) is 0 Å². The highest BCUT2D eigenvalue weighted by atomic mass is 127. The third-order valence-corrected chi connectivity index (χ3v) is 5.78. The lowest BCUT2D eigenvalue weighted by atomic mass is 9.52. The van der Waals surface area contributed by atoms with Crippen LogP contribution in [0.4, 0.5) is 0 Å². The van der Waals surface area contributed by atoms with Crippen LogP contribution in [0.2, 0.25) is 0 Å². The molecule has 4 saturated carbocycles. The first-order valence-corrected chi connectivity index (χ1v) is 7.61. The van der Waals surface area contributed by atoms with Crippen LogP contribution in [0, 0.1) is 5.92 Å². The van der Waals surface area contributed by atoms with Crippen molar-refractivity contribution in [3.05, 3.63) is 12.2 Å². The normalized spacial score (nSPS) is 49.2. The van der Waals surface area contributed by atoms with Gasteiger partial charge in [0.1, 0.15) is 5.60 Å². The summed E-state index contributed by atoms with van der Waals surface area (Å²) in [7, 11) is 0. The Kier molecular flexibility index (Phi) is 2.67. The molecular weight excluding hydrogens is 343 g/mol. The van der Waals surface area contributed by atoms with E-state index in [0.717, 1.165) is 32.1 Å². The summed E-state index contributed by atoms with van der Waals surface area (Å²) in [5, 5.41) is 10.7. The molecule has 4 atom stereocenters. The molecule has 0 amide bonds. The highest BCUT2D eigenvalue weighted by Crippen LogP contribution is 2.63. The number of hydrogen-bond donors (Lipinski definition) is 1. The fourth-order valence-electron chi connectivity index (χ4n) is 4.58. The van der Waals surface area contributed by atoms with Crippen molar-refractivity contribution in [3.63, 3.8) is 0 Å². The molecular formula is C14H19IO3. The molecule has 4 unspecified atom stereocenters. The number of hydrogen-bond acceptors (Lipinski definition) is 3. The third-order valence-electron chi connectivity index (χ3n) is 4.58. The summed E-state index contributed by atoms with van der Waals surface area (Å²) in [5.74, 6) is 0.196. The van der Waals surface area contributed by atoms with Crippen molar-refractivity contribution in [2.24, 2.45) is 5.92 Å². The summed E-state index contributed by atoms with van der Waals surface area (Å²) in [4.78, 5) is 11.8. The number of alkyl halides is 1. The molecule has 4 aliphatic carbocycles. The van der Waals surface area contributed by atoms with Crippen molar-refractivity contribution in [2.45, 2.75) is 60.1 Å². The van der Waals surface area contributed by atoms with Gasteiger partial charge >= 0.3 is 5.97 Å². The fraction of sp³-hybridized carbons (Fsp3) is 0.786. The van der Waals surface area contributed by atoms with Gasteiger partial charge in [-0.2, -0.15) is 0 Å². The summed E-state index contributed by atoms with van der Waals surface area (Å²) in [6, 6.07) is 0. The van der Waals surface area contributed by atoms with E-state index < -0.39 is 11.2 Å². The van der Waals surface area contributed by atoms with Crippen LogP contribution in [0.25, 0.3) is 0 Å². The quantitative estimate of drug-likeness (QED) is 0.356. The minimum atomic E-state index is -0.615. The Bertz CT molecular complexity index is 413. The Balaban J connectivity index is 1.89. The van der Waals surface area contributed by atoms with E-state index >= 15 is 0 Å². The van der Waals surface area contributed by atoms with E-state index in [1.54, 1.807) is 6.92 Å². The molecule has 4 fully saturated rings. The van der Waals surface area contributed by atoms with Crippen molar-refractivity contribution < 1.29 is 14.6 Å². The Morgan fingerprint density at radius 2 is 2.06 bits per heavy atom. The highest BCUT2D eigenvalue weighted by molar-refractivity contribution is 14.1. The van der Waals surface area contributed by atoms with E-state index in [0.29, 0.717) is 17.9 Å². The Hall–Kier alpha value is -0.100. The number of ether oxygens (including phenoxy) is 1. The molecule has 0 spiro atoms. The molecule has 0 radical (unpaired) electrons. The molecule has 4 rings (SSSR count). The van der Waals surface area contributed by atoms with Crippen LogP contribution in [-0.4, -0.2) is 25.7 Å². The molecule has 0 aromatic heterocycles. The maximum absolute atomic E-state index is 11.8. The first-order valence-electron chi connectivity index (χ1n) is 6.54. The summed E-state index contributed by atoms with van der Waals surface area (Å²) >= 11 is 2.48. The molecule has 18 heavy (non-hydrogen) atoms. The van der Waals surface area contributed by atoms with Gasteiger partial charge in [0, 0.05) is 21.8 Å². The summed E-state index contributed by atoms with van der Waals surface area (Å²) in [5.41, 5.74) is -0.610. The number of carbonyl (C=O) groups excluding carboxylic acids is 1. The molecule has 4 bridgehead atoms. The average molecular weight is 362 g/mol. The zero-order valence-corrected chi connectivity index (χ0v) is 12.8. The second-order valence-corrected chi connectivity index (χ2v) is 9.03. The number of rotatable bonds is 2. The Morgan fingerprint density at radius 1 is 1.33 bits per heavy atom. The van der Waals surface area contributed by atoms with Crippen LogP contribution in [-0.2, 0) is 9.53 Å². The first-order chi connectivity index (χ1) is 8.23. The van der Waals surface area contributed by atoms with Gasteiger partial charge in [-0.15, -0.1) is 0 Å². The SMILES string of the molecule is C=C(C)C(=O)OC12CC3CC(O)(CC(I)(C3)C1)C2. The molecule has 3 nitrogen and oxygen atoms in total. The van der Waals surface area contributed by atoms with Gasteiger partial charge in [-0.3, -0.25) is 0 Å². The van der Waals surface area contributed by atoms with E-state index in [1.807, 2.05) is 0 Å². The van der Waals surface area contributed by atoms with Crippen molar-refractivity contribution in [2.75, 3.05) is 0 Å².